The van der Waals surface area contributed by atoms with Crippen LogP contribution in [0.25, 0.3) is 0 Å². The number of nitrogens with one attached hydrogen (secondary N) is 1. The van der Waals surface area contributed by atoms with Crippen LogP contribution in [-0.2, 0) is 15.7 Å². The number of ether oxygens (including phenoxy) is 1. The van der Waals surface area contributed by atoms with E-state index in [1.165, 1.54) is 0 Å². The van der Waals surface area contributed by atoms with Gasteiger partial charge in [0, 0.05) is 44.8 Å². The Labute approximate surface area is 180 Å². The molecule has 10 heteroatoms. The summed E-state index contributed by atoms with van der Waals surface area (Å²) >= 11 is 0. The van der Waals surface area contributed by atoms with Gasteiger partial charge >= 0.3 is 12.3 Å². The lowest BCUT2D eigenvalue weighted by Gasteiger charge is -2.35. The largest absolute Gasteiger partial charge is 0.444 e. The smallest absolute Gasteiger partial charge is 0.416 e. The van der Waals surface area contributed by atoms with Gasteiger partial charge in [0.2, 0.25) is 5.91 Å². The molecule has 2 amide bonds. The normalized spacial score (nSPS) is 16.1. The lowest BCUT2D eigenvalue weighted by molar-refractivity contribution is -0.137. The van der Waals surface area contributed by atoms with E-state index in [9.17, 15) is 22.8 Å². The number of alkyl halides is 3. The molecule has 31 heavy (non-hydrogen) atoms. The Morgan fingerprint density at radius 1 is 1.19 bits per heavy atom. The van der Waals surface area contributed by atoms with Crippen molar-refractivity contribution in [2.24, 2.45) is 0 Å². The minimum Gasteiger partial charge on any atom is -0.444 e. The molecule has 7 nitrogen and oxygen atoms in total. The summed E-state index contributed by atoms with van der Waals surface area (Å²) in [5.74, 6) is 0.218. The molecule has 0 radical (unpaired) electrons. The first-order valence-corrected chi connectivity index (χ1v) is 10.4. The van der Waals surface area contributed by atoms with Gasteiger partial charge in [0.25, 0.3) is 0 Å². The maximum atomic E-state index is 12.9. The minimum absolute atomic E-state index is 0.0407. The molecule has 1 aromatic heterocycles. The predicted molar refractivity (Wildman–Crippen MR) is 111 cm³/mol. The third kappa shape index (κ3) is 7.91. The van der Waals surface area contributed by atoms with Crippen LogP contribution in [0.15, 0.2) is 18.3 Å². The second-order valence-corrected chi connectivity index (χ2v) is 8.56. The molecule has 1 atom stereocenters. The molecule has 1 fully saturated rings. The third-order valence-corrected chi connectivity index (χ3v) is 4.95. The van der Waals surface area contributed by atoms with E-state index in [1.807, 2.05) is 6.92 Å². The predicted octanol–water partition coefficient (Wildman–Crippen LogP) is 3.83. The fourth-order valence-corrected chi connectivity index (χ4v) is 3.26. The number of alkyl carbamates (subject to hydrolysis) is 1. The number of halogens is 3. The van der Waals surface area contributed by atoms with Gasteiger partial charge < -0.3 is 19.9 Å². The molecular weight excluding hydrogens is 413 g/mol. The van der Waals surface area contributed by atoms with E-state index in [2.05, 4.69) is 10.3 Å². The van der Waals surface area contributed by atoms with Crippen molar-refractivity contribution < 1.29 is 27.5 Å². The molecule has 0 aromatic carbocycles. The highest BCUT2D eigenvalue weighted by Gasteiger charge is 2.32. The maximum absolute atomic E-state index is 12.9. The molecule has 2 rings (SSSR count). The van der Waals surface area contributed by atoms with Crippen molar-refractivity contribution in [2.45, 2.75) is 64.8 Å². The first-order chi connectivity index (χ1) is 14.4. The molecular formula is C21H31F3N4O3. The van der Waals surface area contributed by atoms with E-state index >= 15 is 0 Å². The lowest BCUT2D eigenvalue weighted by atomic mass is 10.1. The summed E-state index contributed by atoms with van der Waals surface area (Å²) < 4.78 is 44.0. The molecule has 0 aliphatic carbocycles. The van der Waals surface area contributed by atoms with Crippen LogP contribution >= 0.6 is 0 Å². The quantitative estimate of drug-likeness (QED) is 0.722. The topological polar surface area (TPSA) is 74.8 Å². The number of amides is 2. The van der Waals surface area contributed by atoms with Gasteiger partial charge in [0.05, 0.1) is 5.56 Å². The second-order valence-electron chi connectivity index (χ2n) is 8.56. The highest BCUT2D eigenvalue weighted by Crippen LogP contribution is 2.30. The number of rotatable bonds is 6. The Balaban J connectivity index is 1.82. The maximum Gasteiger partial charge on any atom is 0.416 e. The highest BCUT2D eigenvalue weighted by molar-refractivity contribution is 5.76. The number of anilines is 1. The van der Waals surface area contributed by atoms with Crippen molar-refractivity contribution in [1.82, 2.24) is 15.2 Å². The molecule has 1 aliphatic rings. The number of hydrogen-bond donors (Lipinski definition) is 1. The van der Waals surface area contributed by atoms with Gasteiger partial charge in [-0.15, -0.1) is 0 Å². The molecule has 0 spiro atoms. The summed E-state index contributed by atoms with van der Waals surface area (Å²) in [7, 11) is 0. The van der Waals surface area contributed by atoms with Gasteiger partial charge in [0.1, 0.15) is 11.4 Å². The standard InChI is InChI=1S/C21H31F3N4O3/c1-5-16(26-19(30)31-20(2,3)4)6-7-18(29)28-12-10-27(11-13-28)17-14-15(8-9-25-17)21(22,23)24/h8-9,14,16H,5-7,10-13H2,1-4H3,(H,26,30)/t16-/m1/s1. The highest BCUT2D eigenvalue weighted by atomic mass is 19.4. The van der Waals surface area contributed by atoms with Crippen LogP contribution in [0.2, 0.25) is 0 Å². The van der Waals surface area contributed by atoms with E-state index in [-0.39, 0.29) is 24.2 Å². The van der Waals surface area contributed by atoms with E-state index in [0.717, 1.165) is 18.3 Å². The van der Waals surface area contributed by atoms with Gasteiger partial charge in [-0.05, 0) is 45.7 Å². The minimum atomic E-state index is -4.42. The van der Waals surface area contributed by atoms with Crippen molar-refractivity contribution in [3.8, 4) is 0 Å². The van der Waals surface area contributed by atoms with Crippen LogP contribution in [0.5, 0.6) is 0 Å². The van der Waals surface area contributed by atoms with Crippen LogP contribution in [0, 0.1) is 0 Å². The van der Waals surface area contributed by atoms with Crippen LogP contribution in [-0.4, -0.2) is 59.7 Å². The monoisotopic (exact) mass is 444 g/mol. The second kappa shape index (κ2) is 10.2. The number of carbonyl (C=O) groups is 2. The van der Waals surface area contributed by atoms with Crippen molar-refractivity contribution >= 4 is 17.8 Å². The summed E-state index contributed by atoms with van der Waals surface area (Å²) in [5.41, 5.74) is -1.33. The fraction of sp³-hybridized carbons (Fsp3) is 0.667. The van der Waals surface area contributed by atoms with Crippen LogP contribution < -0.4 is 10.2 Å². The zero-order valence-electron chi connectivity index (χ0n) is 18.5. The van der Waals surface area contributed by atoms with Crippen LogP contribution in [0.1, 0.15) is 52.5 Å². The number of carbonyl (C=O) groups excluding carboxylic acids is 2. The molecule has 1 saturated heterocycles. The number of aromatic nitrogens is 1. The molecule has 1 N–H and O–H groups in total. The van der Waals surface area contributed by atoms with Crippen molar-refractivity contribution in [1.29, 1.82) is 0 Å². The third-order valence-electron chi connectivity index (χ3n) is 4.95. The number of nitrogens with zero attached hydrogens (tertiary/aromatic N) is 3. The summed E-state index contributed by atoms with van der Waals surface area (Å²) in [5, 5.41) is 2.79. The molecule has 1 aliphatic heterocycles. The zero-order valence-corrected chi connectivity index (χ0v) is 18.5. The Hall–Kier alpha value is -2.52. The number of hydrogen-bond acceptors (Lipinski definition) is 5. The fourth-order valence-electron chi connectivity index (χ4n) is 3.26. The lowest BCUT2D eigenvalue weighted by Crippen LogP contribution is -2.49. The molecule has 2 heterocycles. The molecule has 0 bridgehead atoms. The van der Waals surface area contributed by atoms with Gasteiger partial charge in [-0.25, -0.2) is 9.78 Å². The van der Waals surface area contributed by atoms with Gasteiger partial charge in [-0.1, -0.05) is 6.92 Å². The number of piperazine rings is 1. The Morgan fingerprint density at radius 3 is 2.39 bits per heavy atom. The van der Waals surface area contributed by atoms with Gasteiger partial charge in [-0.2, -0.15) is 13.2 Å². The zero-order chi connectivity index (χ0) is 23.2. The van der Waals surface area contributed by atoms with Crippen LogP contribution in [0.4, 0.5) is 23.8 Å². The molecule has 174 valence electrons. The summed E-state index contributed by atoms with van der Waals surface area (Å²) in [6, 6.07) is 1.80. The van der Waals surface area contributed by atoms with Crippen molar-refractivity contribution in [2.75, 3.05) is 31.1 Å². The Morgan fingerprint density at radius 2 is 1.84 bits per heavy atom. The average Bonchev–Trinajstić information content (AvgIpc) is 2.69. The van der Waals surface area contributed by atoms with Gasteiger partial charge in [-0.3, -0.25) is 4.79 Å². The van der Waals surface area contributed by atoms with E-state index < -0.39 is 23.4 Å². The van der Waals surface area contributed by atoms with Crippen molar-refractivity contribution in [3.63, 3.8) is 0 Å². The average molecular weight is 444 g/mol. The summed E-state index contributed by atoms with van der Waals surface area (Å²) in [6.07, 6.45) is -2.34. The first kappa shape index (κ1) is 24.7. The van der Waals surface area contributed by atoms with E-state index in [4.69, 9.17) is 4.74 Å². The summed E-state index contributed by atoms with van der Waals surface area (Å²) in [6.45, 7) is 8.91. The van der Waals surface area contributed by atoms with Crippen molar-refractivity contribution in [3.05, 3.63) is 23.9 Å². The number of pyridine rings is 1. The molecule has 0 unspecified atom stereocenters. The Kier molecular flexibility index (Phi) is 8.14. The van der Waals surface area contributed by atoms with Gasteiger partial charge in [0.15, 0.2) is 0 Å². The molecule has 1 aromatic rings. The Bertz CT molecular complexity index is 757. The van der Waals surface area contributed by atoms with E-state index in [0.29, 0.717) is 39.0 Å². The first-order valence-electron chi connectivity index (χ1n) is 10.4. The van der Waals surface area contributed by atoms with E-state index in [1.54, 1.807) is 30.6 Å². The van der Waals surface area contributed by atoms with Crippen LogP contribution in [0.3, 0.4) is 0 Å². The SMILES string of the molecule is CC[C@H](CCC(=O)N1CCN(c2cc(C(F)(F)F)ccn2)CC1)NC(=O)OC(C)(C)C. The molecule has 0 saturated carbocycles. The summed E-state index contributed by atoms with van der Waals surface area (Å²) in [4.78, 5) is 32.0.